The van der Waals surface area contributed by atoms with Crippen LogP contribution in [0.5, 0.6) is 0 Å². The Morgan fingerprint density at radius 3 is 1.55 bits per heavy atom. The zero-order valence-electron chi connectivity index (χ0n) is 39.5. The Balaban J connectivity index is 1.65. The van der Waals surface area contributed by atoms with Gasteiger partial charge in [0.1, 0.15) is 41.8 Å². The molecule has 0 aromatic heterocycles. The second-order valence-corrected chi connectivity index (χ2v) is 19.3. The number of carbonyl (C=O) groups is 7. The maximum Gasteiger partial charge on any atom is 0.246 e. The van der Waals surface area contributed by atoms with Gasteiger partial charge >= 0.3 is 0 Å². The minimum absolute atomic E-state index is 0.0378. The van der Waals surface area contributed by atoms with Crippen LogP contribution in [0.3, 0.4) is 0 Å². The van der Waals surface area contributed by atoms with Crippen molar-refractivity contribution in [2.75, 3.05) is 20.6 Å². The highest BCUT2D eigenvalue weighted by atomic mass is 16.2. The van der Waals surface area contributed by atoms with Crippen LogP contribution in [0.25, 0.3) is 0 Å². The van der Waals surface area contributed by atoms with Crippen LogP contribution in [0.2, 0.25) is 0 Å². The number of likely N-dealkylation sites (N-methyl/N-ethyl adjacent to an activating group) is 2. The van der Waals surface area contributed by atoms with Crippen LogP contribution in [0.15, 0.2) is 91.0 Å². The summed E-state index contributed by atoms with van der Waals surface area (Å²) in [7, 11) is 3.05. The predicted octanol–water partition coefficient (Wildman–Crippen LogP) is 4.06. The highest BCUT2D eigenvalue weighted by Gasteiger charge is 2.46. The van der Waals surface area contributed by atoms with Crippen molar-refractivity contribution in [2.24, 2.45) is 17.8 Å². The highest BCUT2D eigenvalue weighted by Crippen LogP contribution is 2.29. The zero-order valence-corrected chi connectivity index (χ0v) is 39.5. The van der Waals surface area contributed by atoms with E-state index in [0.717, 1.165) is 16.7 Å². The fourth-order valence-electron chi connectivity index (χ4n) is 8.79. The molecule has 0 spiro atoms. The van der Waals surface area contributed by atoms with Crippen molar-refractivity contribution in [3.05, 3.63) is 108 Å². The van der Waals surface area contributed by atoms with Crippen molar-refractivity contribution < 1.29 is 33.6 Å². The third kappa shape index (κ3) is 13.0. The Bertz CT molecular complexity index is 2130. The monoisotopic (exact) mass is 892 g/mol. The summed E-state index contributed by atoms with van der Waals surface area (Å²) in [6, 6.07) is 21.0. The SMILES string of the molecule is CC(C)C[C@@H]1NC(=O)[C@H](Cc2ccccc2)NC(=O)[C@H](Cc2ccccc2)N(C)C(=O)[C@H](Cc2ccccc2)NC(=O)C(C)(C)NC(=O)[C@H](CC(C)C)N(C)C(=O)[C@@H]2C(C)CCN2C1=O. The molecule has 2 aliphatic heterocycles. The molecule has 2 saturated heterocycles. The first kappa shape index (κ1) is 50.0. The second-order valence-electron chi connectivity index (χ2n) is 19.3. The van der Waals surface area contributed by atoms with Crippen LogP contribution in [0, 0.1) is 17.8 Å². The van der Waals surface area contributed by atoms with E-state index in [4.69, 9.17) is 0 Å². The van der Waals surface area contributed by atoms with E-state index in [1.165, 1.54) is 35.6 Å². The molecule has 0 bridgehead atoms. The number of carbonyl (C=O) groups excluding carboxylic acids is 7. The van der Waals surface area contributed by atoms with Gasteiger partial charge in [0.2, 0.25) is 41.4 Å². The first-order valence-electron chi connectivity index (χ1n) is 23.0. The van der Waals surface area contributed by atoms with Crippen LogP contribution >= 0.6 is 0 Å². The van der Waals surface area contributed by atoms with E-state index >= 15 is 0 Å². The molecular formula is C51H69N7O7. The van der Waals surface area contributed by atoms with Crippen LogP contribution in [-0.2, 0) is 52.8 Å². The summed E-state index contributed by atoms with van der Waals surface area (Å²) in [6.07, 6.45) is 1.25. The summed E-state index contributed by atoms with van der Waals surface area (Å²) < 4.78 is 0. The predicted molar refractivity (Wildman–Crippen MR) is 250 cm³/mol. The lowest BCUT2D eigenvalue weighted by Crippen LogP contribution is -2.63. The van der Waals surface area contributed by atoms with Gasteiger partial charge in [0, 0.05) is 39.9 Å². The van der Waals surface area contributed by atoms with Gasteiger partial charge in [0.25, 0.3) is 0 Å². The van der Waals surface area contributed by atoms with E-state index in [0.29, 0.717) is 6.42 Å². The first-order chi connectivity index (χ1) is 30.8. The number of rotatable bonds is 10. The van der Waals surface area contributed by atoms with Crippen LogP contribution < -0.4 is 21.3 Å². The van der Waals surface area contributed by atoms with Gasteiger partial charge < -0.3 is 36.0 Å². The summed E-state index contributed by atoms with van der Waals surface area (Å²) in [5.74, 6) is -4.22. The molecule has 3 aromatic rings. The smallest absolute Gasteiger partial charge is 0.246 e. The Morgan fingerprint density at radius 2 is 1.03 bits per heavy atom. The van der Waals surface area contributed by atoms with Gasteiger partial charge in [-0.25, -0.2) is 0 Å². The van der Waals surface area contributed by atoms with E-state index in [-0.39, 0.29) is 56.4 Å². The number of hydrogen-bond donors (Lipinski definition) is 4. The van der Waals surface area contributed by atoms with E-state index in [2.05, 4.69) is 21.3 Å². The Kier molecular flexibility index (Phi) is 17.1. The van der Waals surface area contributed by atoms with Crippen LogP contribution in [0.1, 0.15) is 84.4 Å². The van der Waals surface area contributed by atoms with Crippen LogP contribution in [-0.4, -0.2) is 118 Å². The molecule has 4 N–H and O–H groups in total. The topological polar surface area (TPSA) is 177 Å². The summed E-state index contributed by atoms with van der Waals surface area (Å²) in [5.41, 5.74) is 0.673. The van der Waals surface area contributed by atoms with Crippen LogP contribution in [0.4, 0.5) is 0 Å². The Morgan fingerprint density at radius 1 is 0.554 bits per heavy atom. The molecule has 350 valence electrons. The number of hydrogen-bond acceptors (Lipinski definition) is 7. The van der Waals surface area contributed by atoms with Gasteiger partial charge in [-0.1, -0.05) is 126 Å². The standard InChI is InChI=1S/C51H69N7O7/c1-32(2)27-39-48(63)58-26-25-34(5)43(58)49(64)57(9)41(28-33(3)4)46(61)55-51(6,7)50(65)54-40(30-36-21-15-11-16-22-36)47(62)56(8)42(31-37-23-17-12-18-24-37)45(60)52-38(44(59)53-39)29-35-19-13-10-14-20-35/h10-24,32-34,38-43H,25-31H2,1-9H3,(H,52,60)(H,53,59)(H,54,65)(H,55,61)/t34?,38-,39-,40-,41-,42-,43-/m0/s1. The molecule has 5 rings (SSSR count). The van der Waals surface area contributed by atoms with Gasteiger partial charge in [0.05, 0.1) is 0 Å². The molecule has 7 amide bonds. The summed E-state index contributed by atoms with van der Waals surface area (Å²) in [4.78, 5) is 107. The van der Waals surface area contributed by atoms with Crippen molar-refractivity contribution in [1.29, 1.82) is 0 Å². The minimum atomic E-state index is -1.58. The molecule has 1 unspecified atom stereocenters. The molecule has 14 nitrogen and oxygen atoms in total. The molecule has 65 heavy (non-hydrogen) atoms. The highest BCUT2D eigenvalue weighted by molar-refractivity contribution is 5.99. The van der Waals surface area contributed by atoms with Gasteiger partial charge in [-0.05, 0) is 67.6 Å². The second kappa shape index (κ2) is 22.2. The third-order valence-electron chi connectivity index (χ3n) is 12.6. The first-order valence-corrected chi connectivity index (χ1v) is 23.0. The average Bonchev–Trinajstić information content (AvgIpc) is 3.66. The maximum atomic E-state index is 14.9. The van der Waals surface area contributed by atoms with Crippen molar-refractivity contribution in [1.82, 2.24) is 36.0 Å². The van der Waals surface area contributed by atoms with E-state index in [9.17, 15) is 33.6 Å². The summed E-state index contributed by atoms with van der Waals surface area (Å²) >= 11 is 0. The molecule has 0 aliphatic carbocycles. The minimum Gasteiger partial charge on any atom is -0.342 e. The van der Waals surface area contributed by atoms with Crippen molar-refractivity contribution in [3.63, 3.8) is 0 Å². The molecule has 3 aromatic carbocycles. The lowest BCUT2D eigenvalue weighted by molar-refractivity contribution is -0.150. The van der Waals surface area contributed by atoms with Crippen molar-refractivity contribution in [3.8, 4) is 0 Å². The molecule has 2 aliphatic rings. The van der Waals surface area contributed by atoms with E-state index in [1.807, 2.05) is 126 Å². The van der Waals surface area contributed by atoms with Gasteiger partial charge in [0.15, 0.2) is 0 Å². The van der Waals surface area contributed by atoms with E-state index in [1.54, 1.807) is 7.05 Å². The quantitative estimate of drug-likeness (QED) is 0.237. The van der Waals surface area contributed by atoms with E-state index < -0.39 is 83.1 Å². The fraction of sp³-hybridized carbons (Fsp3) is 0.510. The fourth-order valence-corrected chi connectivity index (χ4v) is 8.79. The number of nitrogens with zero attached hydrogens (tertiary/aromatic N) is 3. The molecule has 7 atom stereocenters. The van der Waals surface area contributed by atoms with Crippen molar-refractivity contribution >= 4 is 41.4 Å². The number of nitrogens with one attached hydrogen (secondary N) is 4. The third-order valence-corrected chi connectivity index (χ3v) is 12.6. The lowest BCUT2D eigenvalue weighted by atomic mass is 9.95. The number of fused-ring (bicyclic) bond motifs is 1. The van der Waals surface area contributed by atoms with Crippen molar-refractivity contribution in [2.45, 2.75) is 129 Å². The lowest BCUT2D eigenvalue weighted by Gasteiger charge is -2.37. The Hall–Kier alpha value is -6.05. The zero-order chi connectivity index (χ0) is 47.6. The Labute approximate surface area is 384 Å². The molecule has 0 saturated carbocycles. The molecule has 2 fully saturated rings. The molecule has 14 heteroatoms. The van der Waals surface area contributed by atoms with Gasteiger partial charge in [-0.2, -0.15) is 0 Å². The normalized spacial score (nSPS) is 25.4. The largest absolute Gasteiger partial charge is 0.342 e. The number of amides is 7. The average molecular weight is 892 g/mol. The van der Waals surface area contributed by atoms with Gasteiger partial charge in [-0.15, -0.1) is 0 Å². The molecule has 2 heterocycles. The summed E-state index contributed by atoms with van der Waals surface area (Å²) in [6.45, 7) is 13.0. The molecule has 0 radical (unpaired) electrons. The summed E-state index contributed by atoms with van der Waals surface area (Å²) in [5, 5.41) is 11.7. The maximum absolute atomic E-state index is 14.9. The molecular weight excluding hydrogens is 823 g/mol. The number of benzene rings is 3. The van der Waals surface area contributed by atoms with Gasteiger partial charge in [-0.3, -0.25) is 33.6 Å².